The van der Waals surface area contributed by atoms with Crippen LogP contribution >= 0.6 is 11.8 Å². The summed E-state index contributed by atoms with van der Waals surface area (Å²) in [5.74, 6) is -0.319. The summed E-state index contributed by atoms with van der Waals surface area (Å²) < 4.78 is 5.12. The molecule has 1 fully saturated rings. The Morgan fingerprint density at radius 1 is 1.14 bits per heavy atom. The average Bonchev–Trinajstić information content (AvgIpc) is 3.02. The summed E-state index contributed by atoms with van der Waals surface area (Å²) in [5.41, 5.74) is 2.35. The molecule has 0 bridgehead atoms. The van der Waals surface area contributed by atoms with Gasteiger partial charge in [0.25, 0.3) is 5.91 Å². The summed E-state index contributed by atoms with van der Waals surface area (Å²) >= 11 is 1.16. The number of anilines is 2. The molecular formula is C21H21N3O4S. The number of carbonyl (C=O) groups excluding carboxylic acids is 3. The van der Waals surface area contributed by atoms with Crippen molar-refractivity contribution in [2.24, 2.45) is 0 Å². The minimum Gasteiger partial charge on any atom is -0.497 e. The van der Waals surface area contributed by atoms with E-state index in [4.69, 9.17) is 4.74 Å². The molecule has 1 atom stereocenters. The topological polar surface area (TPSA) is 96.5 Å². The van der Waals surface area contributed by atoms with E-state index in [1.54, 1.807) is 43.5 Å². The summed E-state index contributed by atoms with van der Waals surface area (Å²) in [6.45, 7) is 1.96. The fraction of sp³-hybridized carbons (Fsp3) is 0.190. The number of hydrogen-bond donors (Lipinski definition) is 3. The van der Waals surface area contributed by atoms with Gasteiger partial charge in [0.1, 0.15) is 5.75 Å². The number of amides is 3. The van der Waals surface area contributed by atoms with Gasteiger partial charge < -0.3 is 20.7 Å². The van der Waals surface area contributed by atoms with Crippen molar-refractivity contribution in [1.29, 1.82) is 0 Å². The van der Waals surface area contributed by atoms with Crippen LogP contribution in [0.5, 0.6) is 5.75 Å². The molecule has 1 aliphatic rings. The Morgan fingerprint density at radius 2 is 1.90 bits per heavy atom. The predicted molar refractivity (Wildman–Crippen MR) is 114 cm³/mol. The maximum atomic E-state index is 12.3. The normalized spacial score (nSPS) is 17.0. The molecule has 0 spiro atoms. The van der Waals surface area contributed by atoms with Gasteiger partial charge in [-0.15, -0.1) is 0 Å². The van der Waals surface area contributed by atoms with Crippen molar-refractivity contribution >= 4 is 40.9 Å². The van der Waals surface area contributed by atoms with Crippen molar-refractivity contribution in [3.63, 3.8) is 0 Å². The second-order valence-corrected chi connectivity index (χ2v) is 7.69. The van der Waals surface area contributed by atoms with Gasteiger partial charge in [0.15, 0.2) is 0 Å². The predicted octanol–water partition coefficient (Wildman–Crippen LogP) is 3.04. The van der Waals surface area contributed by atoms with E-state index in [2.05, 4.69) is 16.0 Å². The number of ether oxygens (including phenoxy) is 1. The molecule has 0 aliphatic carbocycles. The number of methoxy groups -OCH3 is 1. The first kappa shape index (κ1) is 20.5. The molecule has 7 nitrogen and oxygen atoms in total. The number of carbonyl (C=O) groups is 3. The van der Waals surface area contributed by atoms with Gasteiger partial charge in [0, 0.05) is 29.9 Å². The van der Waals surface area contributed by atoms with Gasteiger partial charge in [-0.3, -0.25) is 14.4 Å². The molecule has 8 heteroatoms. The summed E-state index contributed by atoms with van der Waals surface area (Å²) in [5, 5.41) is 7.94. The van der Waals surface area contributed by atoms with Crippen molar-refractivity contribution in [1.82, 2.24) is 5.32 Å². The van der Waals surface area contributed by atoms with Gasteiger partial charge in [-0.2, -0.15) is 0 Å². The number of thioether (sulfide) groups is 1. The first-order chi connectivity index (χ1) is 13.9. The van der Waals surface area contributed by atoms with Crippen molar-refractivity contribution in [2.45, 2.75) is 18.6 Å². The molecule has 1 aliphatic heterocycles. The molecule has 3 amide bonds. The quantitative estimate of drug-likeness (QED) is 0.635. The van der Waals surface area contributed by atoms with Crippen LogP contribution in [0.3, 0.4) is 0 Å². The molecule has 3 rings (SSSR count). The van der Waals surface area contributed by atoms with E-state index in [-0.39, 0.29) is 24.1 Å². The highest BCUT2D eigenvalue weighted by Gasteiger charge is 2.31. The van der Waals surface area contributed by atoms with Gasteiger partial charge in [0.2, 0.25) is 11.8 Å². The van der Waals surface area contributed by atoms with E-state index in [0.29, 0.717) is 22.2 Å². The van der Waals surface area contributed by atoms with Crippen LogP contribution in [0.15, 0.2) is 59.6 Å². The molecule has 0 saturated carbocycles. The van der Waals surface area contributed by atoms with Crippen LogP contribution < -0.4 is 20.7 Å². The van der Waals surface area contributed by atoms with Gasteiger partial charge >= 0.3 is 0 Å². The number of nitrogens with one attached hydrogen (secondary N) is 3. The zero-order valence-corrected chi connectivity index (χ0v) is 16.8. The summed E-state index contributed by atoms with van der Waals surface area (Å²) in [6, 6.07) is 14.4. The second-order valence-electron chi connectivity index (χ2n) is 6.44. The third-order valence-corrected chi connectivity index (χ3v) is 5.25. The van der Waals surface area contributed by atoms with Crippen molar-refractivity contribution in [3.8, 4) is 5.75 Å². The van der Waals surface area contributed by atoms with E-state index >= 15 is 0 Å². The third kappa shape index (κ3) is 5.86. The van der Waals surface area contributed by atoms with Gasteiger partial charge in [-0.1, -0.05) is 35.5 Å². The Balaban J connectivity index is 1.54. The fourth-order valence-corrected chi connectivity index (χ4v) is 3.70. The lowest BCUT2D eigenvalue weighted by Gasteiger charge is -2.08. The standard InChI is InChI=1S/C21H21N3O4S/c1-13-6-8-14(9-7-13)22-19(26)12-20-24-21(27)17(29-20)11-18(25)23-15-4-3-5-16(10-15)28-2/h3-10,12,17H,11H2,1-2H3,(H,22,26)(H,23,25)(H,24,27). The monoisotopic (exact) mass is 411 g/mol. The zero-order chi connectivity index (χ0) is 20.8. The van der Waals surface area contributed by atoms with Crippen LogP contribution in [-0.2, 0) is 14.4 Å². The Bertz CT molecular complexity index is 957. The lowest BCUT2D eigenvalue weighted by Crippen LogP contribution is -2.26. The Hall–Kier alpha value is -3.26. The smallest absolute Gasteiger partial charge is 0.250 e. The Morgan fingerprint density at radius 3 is 2.62 bits per heavy atom. The average molecular weight is 411 g/mol. The highest BCUT2D eigenvalue weighted by molar-refractivity contribution is 8.04. The van der Waals surface area contributed by atoms with E-state index in [1.165, 1.54) is 6.08 Å². The van der Waals surface area contributed by atoms with Crippen LogP contribution in [0.4, 0.5) is 11.4 Å². The number of benzene rings is 2. The van der Waals surface area contributed by atoms with Crippen LogP contribution in [0, 0.1) is 6.92 Å². The van der Waals surface area contributed by atoms with Crippen molar-refractivity contribution < 1.29 is 19.1 Å². The van der Waals surface area contributed by atoms with Crippen LogP contribution in [0.1, 0.15) is 12.0 Å². The van der Waals surface area contributed by atoms with Crippen LogP contribution in [0.2, 0.25) is 0 Å². The van der Waals surface area contributed by atoms with E-state index < -0.39 is 5.25 Å². The highest BCUT2D eigenvalue weighted by Crippen LogP contribution is 2.29. The third-order valence-electron chi connectivity index (χ3n) is 4.11. The molecule has 29 heavy (non-hydrogen) atoms. The zero-order valence-electron chi connectivity index (χ0n) is 16.0. The lowest BCUT2D eigenvalue weighted by atomic mass is 10.2. The molecule has 0 aromatic heterocycles. The molecular weight excluding hydrogens is 390 g/mol. The lowest BCUT2D eigenvalue weighted by molar-refractivity contribution is -0.122. The number of hydrogen-bond acceptors (Lipinski definition) is 5. The molecule has 1 saturated heterocycles. The fourth-order valence-electron chi connectivity index (χ4n) is 2.66. The maximum Gasteiger partial charge on any atom is 0.250 e. The molecule has 0 radical (unpaired) electrons. The summed E-state index contributed by atoms with van der Waals surface area (Å²) in [7, 11) is 1.54. The summed E-state index contributed by atoms with van der Waals surface area (Å²) in [6.07, 6.45) is 1.31. The van der Waals surface area contributed by atoms with E-state index in [9.17, 15) is 14.4 Å². The Labute approximate surface area is 172 Å². The largest absolute Gasteiger partial charge is 0.497 e. The minimum absolute atomic E-state index is 0.00929. The molecule has 1 unspecified atom stereocenters. The SMILES string of the molecule is COc1cccc(NC(=O)CC2SC(=CC(=O)Nc3ccc(C)cc3)NC2=O)c1. The van der Waals surface area contributed by atoms with Crippen LogP contribution in [-0.4, -0.2) is 30.1 Å². The van der Waals surface area contributed by atoms with E-state index in [1.807, 2.05) is 19.1 Å². The van der Waals surface area contributed by atoms with Gasteiger partial charge in [-0.05, 0) is 31.2 Å². The Kier molecular flexibility index (Phi) is 6.56. The van der Waals surface area contributed by atoms with Gasteiger partial charge in [0.05, 0.1) is 17.4 Å². The number of aryl methyl sites for hydroxylation is 1. The van der Waals surface area contributed by atoms with Crippen LogP contribution in [0.25, 0.3) is 0 Å². The van der Waals surface area contributed by atoms with Gasteiger partial charge in [-0.25, -0.2) is 0 Å². The molecule has 1 heterocycles. The minimum atomic E-state index is -0.598. The number of rotatable bonds is 6. The second kappa shape index (κ2) is 9.29. The van der Waals surface area contributed by atoms with E-state index in [0.717, 1.165) is 17.3 Å². The molecule has 3 N–H and O–H groups in total. The highest BCUT2D eigenvalue weighted by atomic mass is 32.2. The first-order valence-corrected chi connectivity index (χ1v) is 9.81. The maximum absolute atomic E-state index is 12.3. The molecule has 2 aromatic carbocycles. The molecule has 150 valence electrons. The first-order valence-electron chi connectivity index (χ1n) is 8.94. The van der Waals surface area contributed by atoms with Crippen molar-refractivity contribution in [2.75, 3.05) is 17.7 Å². The summed E-state index contributed by atoms with van der Waals surface area (Å²) in [4.78, 5) is 36.6. The molecule has 2 aromatic rings. The van der Waals surface area contributed by atoms with Crippen molar-refractivity contribution in [3.05, 3.63) is 65.2 Å².